The normalized spacial score (nSPS) is 41.4. The fraction of sp³-hybridized carbons (Fsp3) is 0.800. The van der Waals surface area contributed by atoms with Gasteiger partial charge in [0.05, 0.1) is 30.5 Å². The van der Waals surface area contributed by atoms with Crippen molar-refractivity contribution in [1.29, 1.82) is 0 Å². The van der Waals surface area contributed by atoms with E-state index in [1.54, 1.807) is 4.99 Å². The van der Waals surface area contributed by atoms with Crippen molar-refractivity contribution in [2.75, 3.05) is 0 Å². The number of rotatable bonds is 3. The Bertz CT molecular complexity index is 398. The van der Waals surface area contributed by atoms with Crippen LogP contribution in [0, 0.1) is 0 Å². The average Bonchev–Trinajstić information content (AvgIpc) is 2.83. The summed E-state index contributed by atoms with van der Waals surface area (Å²) in [6.45, 7) is 2.14. The Hall–Kier alpha value is 0.840. The van der Waals surface area contributed by atoms with E-state index in [1.807, 2.05) is 6.08 Å². The van der Waals surface area contributed by atoms with Gasteiger partial charge < -0.3 is 14.6 Å². The molecule has 0 aromatic rings. The summed E-state index contributed by atoms with van der Waals surface area (Å²) in [6.07, 6.45) is 4.78. The Labute approximate surface area is 151 Å². The van der Waals surface area contributed by atoms with Crippen LogP contribution in [0.15, 0.2) is 16.8 Å². The molecule has 7 atom stereocenters. The molecule has 0 saturated carbocycles. The first-order valence-corrected chi connectivity index (χ1v) is 10.1. The minimum absolute atomic E-state index is 0.00364. The molecule has 0 aromatic heterocycles. The fourth-order valence-corrected chi connectivity index (χ4v) is 3.97. The van der Waals surface area contributed by atoms with E-state index < -0.39 is 6.10 Å². The second-order valence-corrected chi connectivity index (χ2v) is 8.39. The van der Waals surface area contributed by atoms with Crippen LogP contribution in [0.25, 0.3) is 0 Å². The van der Waals surface area contributed by atoms with Crippen LogP contribution in [-0.4, -0.2) is 45.3 Å². The van der Waals surface area contributed by atoms with E-state index in [0.717, 1.165) is 19.3 Å². The number of fused-ring (bicyclic) bond motifs is 1. The minimum Gasteiger partial charge on any atom is -0.392 e. The smallest absolute Gasteiger partial charge is 0.0871 e. The summed E-state index contributed by atoms with van der Waals surface area (Å²) in [5, 5.41) is 10.3. The van der Waals surface area contributed by atoms with Gasteiger partial charge in [-0.15, -0.1) is 5.73 Å². The molecular weight excluding hydrogens is 468 g/mol. The van der Waals surface area contributed by atoms with E-state index in [2.05, 4.69) is 60.4 Å². The van der Waals surface area contributed by atoms with E-state index in [0.29, 0.717) is 11.2 Å². The first-order valence-electron chi connectivity index (χ1n) is 7.33. The number of hydrogen-bond acceptors (Lipinski definition) is 3. The van der Waals surface area contributed by atoms with Gasteiger partial charge in [-0.05, 0) is 18.9 Å². The van der Waals surface area contributed by atoms with Crippen LogP contribution in [0.4, 0.5) is 0 Å². The standard InChI is InChI=1S/C15H21Br3O3/c1-2-10(17)13-7-11(18)12(19)8-15-14(21-13)6-9(20-15)4-3-5-16/h4-5,9-15,19H,2,6-8H2,1H3/t3?,9-,10?,11+,12-,13-,14-,15-/m1/s1. The zero-order valence-electron chi connectivity index (χ0n) is 11.9. The Balaban J connectivity index is 2.11. The van der Waals surface area contributed by atoms with Crippen LogP contribution >= 0.6 is 47.8 Å². The summed E-state index contributed by atoms with van der Waals surface area (Å²) in [5.41, 5.74) is 3.00. The van der Waals surface area contributed by atoms with Crippen molar-refractivity contribution < 1.29 is 14.6 Å². The third-order valence-corrected chi connectivity index (χ3v) is 6.55. The van der Waals surface area contributed by atoms with Crippen molar-refractivity contribution in [3.05, 3.63) is 16.8 Å². The van der Waals surface area contributed by atoms with Crippen molar-refractivity contribution in [2.24, 2.45) is 0 Å². The highest BCUT2D eigenvalue weighted by Crippen LogP contribution is 2.35. The molecule has 2 heterocycles. The molecular formula is C15H21Br3O3. The molecule has 0 bridgehead atoms. The first kappa shape index (κ1) is 18.2. The van der Waals surface area contributed by atoms with Gasteiger partial charge in [-0.2, -0.15) is 0 Å². The molecule has 21 heavy (non-hydrogen) atoms. The van der Waals surface area contributed by atoms with Crippen LogP contribution in [-0.2, 0) is 9.47 Å². The number of aliphatic hydroxyl groups is 1. The molecule has 2 saturated heterocycles. The summed E-state index contributed by atoms with van der Waals surface area (Å²) in [7, 11) is 0. The van der Waals surface area contributed by atoms with Crippen LogP contribution in [0.5, 0.6) is 0 Å². The van der Waals surface area contributed by atoms with Gasteiger partial charge in [0.25, 0.3) is 0 Å². The quantitative estimate of drug-likeness (QED) is 0.481. The van der Waals surface area contributed by atoms with Crippen LogP contribution in [0.2, 0.25) is 0 Å². The maximum atomic E-state index is 10.3. The van der Waals surface area contributed by atoms with Crippen molar-refractivity contribution in [3.8, 4) is 0 Å². The molecule has 1 unspecified atom stereocenters. The molecule has 0 aliphatic carbocycles. The number of hydrogen-bond donors (Lipinski definition) is 1. The Morgan fingerprint density at radius 3 is 2.67 bits per heavy atom. The van der Waals surface area contributed by atoms with E-state index in [9.17, 15) is 5.11 Å². The van der Waals surface area contributed by atoms with Crippen LogP contribution in [0.3, 0.4) is 0 Å². The molecule has 0 spiro atoms. The van der Waals surface area contributed by atoms with E-state index in [-0.39, 0.29) is 29.2 Å². The first-order chi connectivity index (χ1) is 10.0. The maximum absolute atomic E-state index is 10.3. The molecule has 2 aliphatic rings. The lowest BCUT2D eigenvalue weighted by Crippen LogP contribution is -2.42. The van der Waals surface area contributed by atoms with Gasteiger partial charge in [0, 0.05) is 27.5 Å². The lowest BCUT2D eigenvalue weighted by molar-refractivity contribution is -0.0861. The summed E-state index contributed by atoms with van der Waals surface area (Å²) < 4.78 is 12.3. The number of ether oxygens (including phenoxy) is 2. The molecule has 0 radical (unpaired) electrons. The SMILES string of the molecule is CCC(Br)[C@H]1C[C@H](Br)[C@H](O)C[C@H]2O[C@H](C=C=CBr)C[C@H]2O1. The summed E-state index contributed by atoms with van der Waals surface area (Å²) in [5.74, 6) is 0. The minimum atomic E-state index is -0.407. The van der Waals surface area contributed by atoms with Gasteiger partial charge >= 0.3 is 0 Å². The molecule has 0 amide bonds. The molecule has 2 fully saturated rings. The second kappa shape index (κ2) is 8.62. The zero-order chi connectivity index (χ0) is 15.4. The molecule has 120 valence electrons. The highest BCUT2D eigenvalue weighted by atomic mass is 79.9. The average molecular weight is 489 g/mol. The lowest BCUT2D eigenvalue weighted by atomic mass is 9.96. The summed E-state index contributed by atoms with van der Waals surface area (Å²) >= 11 is 10.5. The van der Waals surface area contributed by atoms with Crippen molar-refractivity contribution >= 4 is 47.8 Å². The van der Waals surface area contributed by atoms with Gasteiger partial charge in [-0.1, -0.05) is 54.7 Å². The topological polar surface area (TPSA) is 38.7 Å². The third kappa shape index (κ3) is 4.90. The largest absolute Gasteiger partial charge is 0.392 e. The van der Waals surface area contributed by atoms with Crippen molar-refractivity contribution in [3.63, 3.8) is 0 Å². The highest BCUT2D eigenvalue weighted by molar-refractivity contribution is 9.11. The third-order valence-electron chi connectivity index (χ3n) is 4.07. The summed E-state index contributed by atoms with van der Waals surface area (Å²) in [4.78, 5) is 2.02. The Morgan fingerprint density at radius 2 is 2.00 bits per heavy atom. The number of halogens is 3. The molecule has 1 N–H and O–H groups in total. The highest BCUT2D eigenvalue weighted by Gasteiger charge is 2.42. The maximum Gasteiger partial charge on any atom is 0.0871 e. The van der Waals surface area contributed by atoms with Crippen LogP contribution in [0.1, 0.15) is 32.6 Å². The van der Waals surface area contributed by atoms with Gasteiger partial charge in [0.15, 0.2) is 0 Å². The predicted octanol–water partition coefficient (Wildman–Crippen LogP) is 4.05. The van der Waals surface area contributed by atoms with Crippen LogP contribution < -0.4 is 0 Å². The Morgan fingerprint density at radius 1 is 1.29 bits per heavy atom. The molecule has 0 aromatic carbocycles. The fourth-order valence-electron chi connectivity index (χ4n) is 2.89. The molecule has 2 rings (SSSR count). The van der Waals surface area contributed by atoms with Gasteiger partial charge in [-0.25, -0.2) is 0 Å². The molecule has 3 nitrogen and oxygen atoms in total. The summed E-state index contributed by atoms with van der Waals surface area (Å²) in [6, 6.07) is 0. The van der Waals surface area contributed by atoms with Gasteiger partial charge in [0.1, 0.15) is 0 Å². The predicted molar refractivity (Wildman–Crippen MR) is 94.5 cm³/mol. The van der Waals surface area contributed by atoms with E-state index >= 15 is 0 Å². The number of aliphatic hydroxyl groups excluding tert-OH is 1. The second-order valence-electron chi connectivity index (χ2n) is 5.58. The van der Waals surface area contributed by atoms with E-state index in [1.165, 1.54) is 0 Å². The lowest BCUT2D eigenvalue weighted by Gasteiger charge is -2.34. The van der Waals surface area contributed by atoms with Crippen molar-refractivity contribution in [2.45, 2.75) is 72.8 Å². The van der Waals surface area contributed by atoms with E-state index in [4.69, 9.17) is 9.47 Å². The molecule has 6 heteroatoms. The molecule has 2 aliphatic heterocycles. The van der Waals surface area contributed by atoms with Gasteiger partial charge in [0.2, 0.25) is 0 Å². The monoisotopic (exact) mass is 486 g/mol. The Kier molecular flexibility index (Phi) is 7.47. The van der Waals surface area contributed by atoms with Crippen molar-refractivity contribution in [1.82, 2.24) is 0 Å². The number of alkyl halides is 2. The van der Waals surface area contributed by atoms with Gasteiger partial charge in [-0.3, -0.25) is 0 Å². The zero-order valence-corrected chi connectivity index (χ0v) is 16.7.